The van der Waals surface area contributed by atoms with Crippen LogP contribution in [-0.4, -0.2) is 43.0 Å². The fourth-order valence-electron chi connectivity index (χ4n) is 2.68. The molecule has 2 N–H and O–H groups in total. The van der Waals surface area contributed by atoms with Crippen LogP contribution in [0.1, 0.15) is 35.3 Å². The van der Waals surface area contributed by atoms with Crippen LogP contribution in [0.15, 0.2) is 36.7 Å². The summed E-state index contributed by atoms with van der Waals surface area (Å²) in [6.07, 6.45) is 5.26. The van der Waals surface area contributed by atoms with Gasteiger partial charge in [0.25, 0.3) is 5.91 Å². The van der Waals surface area contributed by atoms with Crippen molar-refractivity contribution in [3.63, 3.8) is 0 Å². The number of pyridine rings is 1. The summed E-state index contributed by atoms with van der Waals surface area (Å²) in [5.74, 6) is -0.0995. The standard InChI is InChI=1S/C20H28N4O/c1-5-15-8-7-9-16(6-2)19(15)23-18-12-17(13-21-14-18)20(25)22-10-11-24(3)4/h7-9,12-14,23H,5-6,10-11H2,1-4H3,(H,22,25). The number of amides is 1. The summed E-state index contributed by atoms with van der Waals surface area (Å²) in [6, 6.07) is 8.21. The Kier molecular flexibility index (Phi) is 6.95. The summed E-state index contributed by atoms with van der Waals surface area (Å²) >= 11 is 0. The summed E-state index contributed by atoms with van der Waals surface area (Å²) in [5, 5.41) is 6.38. The van der Waals surface area contributed by atoms with Crippen LogP contribution in [0.4, 0.5) is 11.4 Å². The molecule has 0 aliphatic carbocycles. The first-order valence-electron chi connectivity index (χ1n) is 8.80. The van der Waals surface area contributed by atoms with Crippen LogP contribution in [0.25, 0.3) is 0 Å². The summed E-state index contributed by atoms with van der Waals surface area (Å²) in [7, 11) is 3.96. The molecular formula is C20H28N4O. The molecule has 0 saturated heterocycles. The Morgan fingerprint density at radius 1 is 1.12 bits per heavy atom. The van der Waals surface area contributed by atoms with Crippen LogP contribution in [0.3, 0.4) is 0 Å². The van der Waals surface area contributed by atoms with Crippen molar-refractivity contribution in [2.24, 2.45) is 0 Å². The average molecular weight is 340 g/mol. The van der Waals surface area contributed by atoms with E-state index in [0.717, 1.165) is 30.8 Å². The van der Waals surface area contributed by atoms with Crippen molar-refractivity contribution < 1.29 is 4.79 Å². The van der Waals surface area contributed by atoms with E-state index < -0.39 is 0 Å². The van der Waals surface area contributed by atoms with E-state index in [0.29, 0.717) is 12.1 Å². The van der Waals surface area contributed by atoms with Gasteiger partial charge in [-0.05, 0) is 44.1 Å². The quantitative estimate of drug-likeness (QED) is 0.774. The Morgan fingerprint density at radius 2 is 1.80 bits per heavy atom. The molecule has 0 aliphatic rings. The molecule has 0 aliphatic heterocycles. The molecule has 5 heteroatoms. The summed E-state index contributed by atoms with van der Waals surface area (Å²) < 4.78 is 0. The third-order valence-electron chi connectivity index (χ3n) is 4.11. The average Bonchev–Trinajstić information content (AvgIpc) is 2.61. The topological polar surface area (TPSA) is 57.3 Å². The lowest BCUT2D eigenvalue weighted by Crippen LogP contribution is -2.31. The van der Waals surface area contributed by atoms with E-state index >= 15 is 0 Å². The number of nitrogens with one attached hydrogen (secondary N) is 2. The van der Waals surface area contributed by atoms with E-state index in [2.05, 4.69) is 47.7 Å². The number of hydrogen-bond acceptors (Lipinski definition) is 4. The minimum absolute atomic E-state index is 0.0995. The lowest BCUT2D eigenvalue weighted by Gasteiger charge is -2.16. The number of rotatable bonds is 8. The number of benzene rings is 1. The Balaban J connectivity index is 2.16. The predicted octanol–water partition coefficient (Wildman–Crippen LogP) is 3.24. The van der Waals surface area contributed by atoms with Crippen molar-refractivity contribution in [3.05, 3.63) is 53.3 Å². The molecule has 2 rings (SSSR count). The van der Waals surface area contributed by atoms with Crippen molar-refractivity contribution in [2.75, 3.05) is 32.5 Å². The predicted molar refractivity (Wildman–Crippen MR) is 104 cm³/mol. The van der Waals surface area contributed by atoms with Crippen molar-refractivity contribution in [1.82, 2.24) is 15.2 Å². The third kappa shape index (κ3) is 5.29. The summed E-state index contributed by atoms with van der Waals surface area (Å²) in [5.41, 5.74) is 5.05. The maximum Gasteiger partial charge on any atom is 0.252 e. The molecule has 1 aromatic carbocycles. The highest BCUT2D eigenvalue weighted by Gasteiger charge is 2.10. The Morgan fingerprint density at radius 3 is 2.40 bits per heavy atom. The van der Waals surface area contributed by atoms with Crippen LogP contribution >= 0.6 is 0 Å². The van der Waals surface area contributed by atoms with E-state index in [-0.39, 0.29) is 5.91 Å². The largest absolute Gasteiger partial charge is 0.354 e. The van der Waals surface area contributed by atoms with Crippen LogP contribution in [-0.2, 0) is 12.8 Å². The number of hydrogen-bond donors (Lipinski definition) is 2. The highest BCUT2D eigenvalue weighted by Crippen LogP contribution is 2.26. The number of anilines is 2. The van der Waals surface area contributed by atoms with Gasteiger partial charge in [0.15, 0.2) is 0 Å². The van der Waals surface area contributed by atoms with Gasteiger partial charge in [0.05, 0.1) is 17.4 Å². The van der Waals surface area contributed by atoms with Crippen LogP contribution in [0.2, 0.25) is 0 Å². The number of carbonyl (C=O) groups is 1. The Hall–Kier alpha value is -2.40. The first-order chi connectivity index (χ1) is 12.0. The normalized spacial score (nSPS) is 10.8. The zero-order chi connectivity index (χ0) is 18.2. The van der Waals surface area contributed by atoms with Gasteiger partial charge in [-0.1, -0.05) is 32.0 Å². The maximum absolute atomic E-state index is 12.3. The highest BCUT2D eigenvalue weighted by atomic mass is 16.1. The van der Waals surface area contributed by atoms with Crippen LogP contribution < -0.4 is 10.6 Å². The second-order valence-electron chi connectivity index (χ2n) is 6.30. The van der Waals surface area contributed by atoms with Crippen LogP contribution in [0, 0.1) is 0 Å². The van der Waals surface area contributed by atoms with Crippen molar-refractivity contribution in [2.45, 2.75) is 26.7 Å². The van der Waals surface area contributed by atoms with Crippen molar-refractivity contribution >= 4 is 17.3 Å². The van der Waals surface area contributed by atoms with Gasteiger partial charge >= 0.3 is 0 Å². The van der Waals surface area contributed by atoms with Gasteiger partial charge in [0.2, 0.25) is 0 Å². The van der Waals surface area contributed by atoms with Crippen molar-refractivity contribution in [1.29, 1.82) is 0 Å². The van der Waals surface area contributed by atoms with Gasteiger partial charge in [0, 0.05) is 25.0 Å². The van der Waals surface area contributed by atoms with Gasteiger partial charge in [-0.2, -0.15) is 0 Å². The summed E-state index contributed by atoms with van der Waals surface area (Å²) in [6.45, 7) is 5.71. The molecule has 0 bridgehead atoms. The lowest BCUT2D eigenvalue weighted by atomic mass is 10.0. The molecular weight excluding hydrogens is 312 g/mol. The molecule has 1 heterocycles. The number of aromatic nitrogens is 1. The molecule has 0 fully saturated rings. The fourth-order valence-corrected chi connectivity index (χ4v) is 2.68. The highest BCUT2D eigenvalue weighted by molar-refractivity contribution is 5.94. The van der Waals surface area contributed by atoms with Gasteiger partial charge < -0.3 is 15.5 Å². The molecule has 0 saturated carbocycles. The smallest absolute Gasteiger partial charge is 0.252 e. The van der Waals surface area contributed by atoms with E-state index in [1.165, 1.54) is 11.1 Å². The SMILES string of the molecule is CCc1cccc(CC)c1Nc1cncc(C(=O)NCCN(C)C)c1. The number of para-hydroxylation sites is 1. The zero-order valence-electron chi connectivity index (χ0n) is 15.6. The third-order valence-corrected chi connectivity index (χ3v) is 4.11. The number of carbonyl (C=O) groups excluding carboxylic acids is 1. The Labute approximate surface area is 150 Å². The monoisotopic (exact) mass is 340 g/mol. The van der Waals surface area contributed by atoms with Crippen molar-refractivity contribution in [3.8, 4) is 0 Å². The Bertz CT molecular complexity index is 690. The molecule has 0 unspecified atom stereocenters. The van der Waals surface area contributed by atoms with E-state index in [9.17, 15) is 4.79 Å². The van der Waals surface area contributed by atoms with Gasteiger partial charge in [0.1, 0.15) is 0 Å². The lowest BCUT2D eigenvalue weighted by molar-refractivity contribution is 0.0950. The van der Waals surface area contributed by atoms with Gasteiger partial charge in [-0.25, -0.2) is 0 Å². The minimum Gasteiger partial charge on any atom is -0.354 e. The maximum atomic E-state index is 12.3. The van der Waals surface area contributed by atoms with E-state index in [4.69, 9.17) is 0 Å². The second-order valence-corrected chi connectivity index (χ2v) is 6.30. The minimum atomic E-state index is -0.0995. The molecule has 5 nitrogen and oxygen atoms in total. The molecule has 25 heavy (non-hydrogen) atoms. The molecule has 0 radical (unpaired) electrons. The number of likely N-dealkylation sites (N-methyl/N-ethyl adjacent to an activating group) is 1. The molecule has 1 amide bonds. The first kappa shape index (κ1) is 18.9. The molecule has 134 valence electrons. The zero-order valence-corrected chi connectivity index (χ0v) is 15.6. The van der Waals surface area contributed by atoms with E-state index in [1.807, 2.05) is 25.1 Å². The molecule has 2 aromatic rings. The second kappa shape index (κ2) is 9.18. The van der Waals surface area contributed by atoms with Gasteiger partial charge in [-0.15, -0.1) is 0 Å². The number of nitrogens with zero attached hydrogens (tertiary/aromatic N) is 2. The van der Waals surface area contributed by atoms with E-state index in [1.54, 1.807) is 12.4 Å². The number of aryl methyl sites for hydroxylation is 2. The van der Waals surface area contributed by atoms with Crippen LogP contribution in [0.5, 0.6) is 0 Å². The first-order valence-corrected chi connectivity index (χ1v) is 8.80. The fraction of sp³-hybridized carbons (Fsp3) is 0.400. The van der Waals surface area contributed by atoms with Gasteiger partial charge in [-0.3, -0.25) is 9.78 Å². The summed E-state index contributed by atoms with van der Waals surface area (Å²) in [4.78, 5) is 18.5. The molecule has 0 spiro atoms. The molecule has 1 aromatic heterocycles. The molecule has 0 atom stereocenters.